The van der Waals surface area contributed by atoms with E-state index in [4.69, 9.17) is 4.74 Å². The van der Waals surface area contributed by atoms with Crippen molar-refractivity contribution in [3.63, 3.8) is 0 Å². The molecule has 2 aliphatic rings. The van der Waals surface area contributed by atoms with Crippen molar-refractivity contribution < 1.29 is 14.6 Å². The van der Waals surface area contributed by atoms with Crippen LogP contribution in [-0.2, 0) is 15.1 Å². The van der Waals surface area contributed by atoms with Crippen LogP contribution >= 0.6 is 0 Å². The van der Waals surface area contributed by atoms with Crippen molar-refractivity contribution >= 4 is 5.97 Å². The normalized spacial score (nSPS) is 28.9. The number of cyclic esters (lactones) is 1. The molecule has 1 saturated heterocycles. The molecule has 1 saturated carbocycles. The molecule has 2 aromatic carbocycles. The lowest BCUT2D eigenvalue weighted by Gasteiger charge is -2.38. The minimum atomic E-state index is -1.32. The quantitative estimate of drug-likeness (QED) is 0.860. The van der Waals surface area contributed by atoms with E-state index < -0.39 is 17.1 Å². The summed E-state index contributed by atoms with van der Waals surface area (Å²) in [5.74, 6) is -0.254. The fourth-order valence-corrected chi connectivity index (χ4v) is 4.33. The van der Waals surface area contributed by atoms with E-state index >= 15 is 0 Å². The molecule has 2 aromatic rings. The highest BCUT2D eigenvalue weighted by molar-refractivity contribution is 5.82. The fraction of sp³-hybridized carbons (Fsp3) is 0.350. The molecule has 0 amide bonds. The van der Waals surface area contributed by atoms with Crippen molar-refractivity contribution in [3.8, 4) is 0 Å². The minimum absolute atomic E-state index is 0.254. The van der Waals surface area contributed by atoms with Crippen LogP contribution in [0.5, 0.6) is 0 Å². The second-order valence-corrected chi connectivity index (χ2v) is 6.62. The predicted octanol–water partition coefficient (Wildman–Crippen LogP) is 3.73. The van der Waals surface area contributed by atoms with E-state index in [1.54, 1.807) is 0 Å². The third kappa shape index (κ3) is 1.89. The zero-order valence-electron chi connectivity index (χ0n) is 12.9. The summed E-state index contributed by atoms with van der Waals surface area (Å²) in [4.78, 5) is 12.8. The second kappa shape index (κ2) is 5.20. The van der Waals surface area contributed by atoms with Gasteiger partial charge in [0.1, 0.15) is 11.0 Å². The number of hydrogen-bond acceptors (Lipinski definition) is 3. The van der Waals surface area contributed by atoms with Gasteiger partial charge in [-0.15, -0.1) is 0 Å². The van der Waals surface area contributed by atoms with E-state index in [9.17, 15) is 9.90 Å². The molecule has 2 atom stereocenters. The average molecular weight is 308 g/mol. The first-order valence-electron chi connectivity index (χ1n) is 8.22. The van der Waals surface area contributed by atoms with Crippen LogP contribution in [0.2, 0.25) is 0 Å². The summed E-state index contributed by atoms with van der Waals surface area (Å²) in [6.07, 6.45) is 2.61. The van der Waals surface area contributed by atoms with Gasteiger partial charge in [0, 0.05) is 0 Å². The second-order valence-electron chi connectivity index (χ2n) is 6.62. The lowest BCUT2D eigenvalue weighted by molar-refractivity contribution is -0.149. The molecule has 3 nitrogen and oxygen atoms in total. The van der Waals surface area contributed by atoms with Crippen LogP contribution in [-0.4, -0.2) is 11.1 Å². The Kier molecular flexibility index (Phi) is 3.27. The number of carbonyl (C=O) groups is 1. The van der Waals surface area contributed by atoms with Crippen molar-refractivity contribution in [1.82, 2.24) is 0 Å². The Labute approximate surface area is 135 Å². The third-order valence-electron chi connectivity index (χ3n) is 5.50. The lowest BCUT2D eigenvalue weighted by atomic mass is 9.65. The van der Waals surface area contributed by atoms with Gasteiger partial charge in [-0.1, -0.05) is 73.5 Å². The maximum atomic E-state index is 12.8. The number of esters is 1. The molecule has 1 aliphatic heterocycles. The van der Waals surface area contributed by atoms with Crippen LogP contribution in [0.3, 0.4) is 0 Å². The maximum absolute atomic E-state index is 12.8. The Balaban J connectivity index is 1.92. The summed E-state index contributed by atoms with van der Waals surface area (Å²) in [6, 6.07) is 19.1. The average Bonchev–Trinajstić information content (AvgIpc) is 3.19. The molecule has 0 bridgehead atoms. The summed E-state index contributed by atoms with van der Waals surface area (Å²) in [7, 11) is 0. The van der Waals surface area contributed by atoms with E-state index in [2.05, 4.69) is 0 Å². The van der Waals surface area contributed by atoms with Crippen molar-refractivity contribution in [3.05, 3.63) is 71.8 Å². The highest BCUT2D eigenvalue weighted by Gasteiger charge is 2.68. The maximum Gasteiger partial charge on any atom is 0.316 e. The summed E-state index contributed by atoms with van der Waals surface area (Å²) in [6.45, 7) is 0. The molecule has 2 unspecified atom stereocenters. The third-order valence-corrected chi connectivity index (χ3v) is 5.50. The van der Waals surface area contributed by atoms with Crippen molar-refractivity contribution in [1.29, 1.82) is 0 Å². The number of aliphatic hydroxyl groups is 1. The van der Waals surface area contributed by atoms with E-state index in [1.165, 1.54) is 0 Å². The predicted molar refractivity (Wildman–Crippen MR) is 86.5 cm³/mol. The topological polar surface area (TPSA) is 46.5 Å². The summed E-state index contributed by atoms with van der Waals surface area (Å²) < 4.78 is 5.77. The zero-order valence-corrected chi connectivity index (χ0v) is 12.9. The Hall–Kier alpha value is -2.13. The molecule has 1 aliphatic carbocycles. The number of carbonyl (C=O) groups excluding carboxylic acids is 1. The van der Waals surface area contributed by atoms with Gasteiger partial charge in [0.15, 0.2) is 6.10 Å². The van der Waals surface area contributed by atoms with Gasteiger partial charge in [-0.05, 0) is 24.0 Å². The molecule has 0 radical (unpaired) electrons. The molecule has 118 valence electrons. The Bertz CT molecular complexity index is 704. The van der Waals surface area contributed by atoms with Gasteiger partial charge in [-0.2, -0.15) is 0 Å². The first-order valence-corrected chi connectivity index (χ1v) is 8.22. The van der Waals surface area contributed by atoms with Gasteiger partial charge >= 0.3 is 5.97 Å². The van der Waals surface area contributed by atoms with Crippen molar-refractivity contribution in [2.45, 2.75) is 37.4 Å². The van der Waals surface area contributed by atoms with Crippen LogP contribution in [0, 0.1) is 5.41 Å². The molecule has 1 N–H and O–H groups in total. The molecular weight excluding hydrogens is 288 g/mol. The van der Waals surface area contributed by atoms with E-state index in [-0.39, 0.29) is 5.97 Å². The molecular formula is C20H20O3. The Morgan fingerprint density at radius 3 is 2.09 bits per heavy atom. The lowest BCUT2D eigenvalue weighted by Crippen LogP contribution is -2.46. The first-order chi connectivity index (χ1) is 11.2. The van der Waals surface area contributed by atoms with Gasteiger partial charge in [0.05, 0.1) is 0 Å². The van der Waals surface area contributed by atoms with Gasteiger partial charge < -0.3 is 9.84 Å². The zero-order chi connectivity index (χ0) is 15.9. The summed E-state index contributed by atoms with van der Waals surface area (Å²) in [5.41, 5.74) is -0.532. The number of hydrogen-bond donors (Lipinski definition) is 1. The minimum Gasteiger partial charge on any atom is -0.453 e. The highest BCUT2D eigenvalue weighted by Crippen LogP contribution is 2.62. The van der Waals surface area contributed by atoms with Crippen LogP contribution in [0.15, 0.2) is 60.7 Å². The fourth-order valence-electron chi connectivity index (χ4n) is 4.33. The monoisotopic (exact) mass is 308 g/mol. The van der Waals surface area contributed by atoms with Gasteiger partial charge in [-0.3, -0.25) is 4.79 Å². The van der Waals surface area contributed by atoms with Crippen molar-refractivity contribution in [2.24, 2.45) is 5.41 Å². The van der Waals surface area contributed by atoms with E-state index in [0.29, 0.717) is 12.8 Å². The smallest absolute Gasteiger partial charge is 0.316 e. The number of ether oxygens (including phenoxy) is 1. The summed E-state index contributed by atoms with van der Waals surface area (Å²) >= 11 is 0. The molecule has 1 heterocycles. The standard InChI is InChI=1S/C20H20O3/c21-18-19(13-7-8-14-19)20(22,16-11-5-2-6-12-16)17(23-18)15-9-3-1-4-10-15/h1-6,9-12,17,22H,7-8,13-14H2. The van der Waals surface area contributed by atoms with Crippen molar-refractivity contribution in [2.75, 3.05) is 0 Å². The Morgan fingerprint density at radius 2 is 1.48 bits per heavy atom. The number of benzene rings is 2. The molecule has 1 spiro atoms. The SMILES string of the molecule is O=C1OC(c2ccccc2)C(O)(c2ccccc2)C12CCCC2. The first kappa shape index (κ1) is 14.5. The van der Waals surface area contributed by atoms with Crippen LogP contribution in [0.1, 0.15) is 42.9 Å². The number of rotatable bonds is 2. The van der Waals surface area contributed by atoms with E-state index in [1.807, 2.05) is 60.7 Å². The Morgan fingerprint density at radius 1 is 0.913 bits per heavy atom. The molecule has 0 aromatic heterocycles. The van der Waals surface area contributed by atoms with E-state index in [0.717, 1.165) is 24.0 Å². The molecule has 23 heavy (non-hydrogen) atoms. The highest BCUT2D eigenvalue weighted by atomic mass is 16.6. The van der Waals surface area contributed by atoms with Gasteiger partial charge in [0.25, 0.3) is 0 Å². The van der Waals surface area contributed by atoms with Gasteiger partial charge in [0.2, 0.25) is 0 Å². The molecule has 3 heteroatoms. The van der Waals surface area contributed by atoms with Crippen LogP contribution in [0.25, 0.3) is 0 Å². The summed E-state index contributed by atoms with van der Waals surface area (Å²) in [5, 5.41) is 11.9. The largest absolute Gasteiger partial charge is 0.453 e. The molecule has 2 fully saturated rings. The molecule has 4 rings (SSSR count). The van der Waals surface area contributed by atoms with Crippen LogP contribution in [0.4, 0.5) is 0 Å². The van der Waals surface area contributed by atoms with Gasteiger partial charge in [-0.25, -0.2) is 0 Å². The van der Waals surface area contributed by atoms with Crippen LogP contribution < -0.4 is 0 Å².